The Bertz CT molecular complexity index is 1000. The standard InChI is InChI=1S/C16H12BrCl2N3O2S/c17-12-3-1-11(2-4-12)9-22-10-14(8-20-22)21-25(23,24)16-7-13(18)5-6-15(16)19/h1-8,10,21H,9H2. The van der Waals surface area contributed by atoms with Crippen LogP contribution in [0, 0.1) is 0 Å². The third-order valence-corrected chi connectivity index (χ3v) is 5.95. The van der Waals surface area contributed by atoms with Gasteiger partial charge in [-0.1, -0.05) is 51.3 Å². The molecule has 3 aromatic rings. The number of aromatic nitrogens is 2. The monoisotopic (exact) mass is 459 g/mol. The molecule has 9 heteroatoms. The summed E-state index contributed by atoms with van der Waals surface area (Å²) in [5.74, 6) is 0. The van der Waals surface area contributed by atoms with Gasteiger partial charge < -0.3 is 0 Å². The van der Waals surface area contributed by atoms with Crippen molar-refractivity contribution in [2.75, 3.05) is 4.72 Å². The lowest BCUT2D eigenvalue weighted by Gasteiger charge is -2.08. The zero-order valence-corrected chi connectivity index (χ0v) is 16.6. The first-order valence-corrected chi connectivity index (χ1v) is 10.1. The van der Waals surface area contributed by atoms with Crippen LogP contribution in [0.2, 0.25) is 10.0 Å². The summed E-state index contributed by atoms with van der Waals surface area (Å²) in [6, 6.07) is 12.1. The first-order valence-electron chi connectivity index (χ1n) is 7.08. The lowest BCUT2D eigenvalue weighted by molar-refractivity contribution is 0.601. The van der Waals surface area contributed by atoms with Gasteiger partial charge in [0.05, 0.1) is 23.5 Å². The average molecular weight is 461 g/mol. The van der Waals surface area contributed by atoms with Gasteiger partial charge in [-0.25, -0.2) is 8.42 Å². The second-order valence-corrected chi connectivity index (χ2v) is 8.64. The highest BCUT2D eigenvalue weighted by atomic mass is 79.9. The van der Waals surface area contributed by atoms with Crippen LogP contribution in [0.5, 0.6) is 0 Å². The number of nitrogens with zero attached hydrogens (tertiary/aromatic N) is 2. The molecule has 25 heavy (non-hydrogen) atoms. The summed E-state index contributed by atoms with van der Waals surface area (Å²) in [6.07, 6.45) is 3.05. The number of halogens is 3. The predicted octanol–water partition coefficient (Wildman–Crippen LogP) is 4.80. The van der Waals surface area contributed by atoms with E-state index in [1.54, 1.807) is 10.9 Å². The summed E-state index contributed by atoms with van der Waals surface area (Å²) in [5.41, 5.74) is 1.38. The highest BCUT2D eigenvalue weighted by molar-refractivity contribution is 9.10. The van der Waals surface area contributed by atoms with Crippen molar-refractivity contribution < 1.29 is 8.42 Å². The third kappa shape index (κ3) is 4.55. The Hall–Kier alpha value is -1.54. The lowest BCUT2D eigenvalue weighted by Crippen LogP contribution is -2.13. The summed E-state index contributed by atoms with van der Waals surface area (Å²) < 4.78 is 30.1. The minimum absolute atomic E-state index is 0.0812. The summed E-state index contributed by atoms with van der Waals surface area (Å²) in [7, 11) is -3.86. The molecule has 0 aliphatic carbocycles. The molecule has 0 fully saturated rings. The molecular formula is C16H12BrCl2N3O2S. The fourth-order valence-electron chi connectivity index (χ4n) is 2.17. The Morgan fingerprint density at radius 3 is 2.56 bits per heavy atom. The Morgan fingerprint density at radius 1 is 1.12 bits per heavy atom. The van der Waals surface area contributed by atoms with E-state index in [4.69, 9.17) is 23.2 Å². The van der Waals surface area contributed by atoms with Gasteiger partial charge in [0.1, 0.15) is 4.90 Å². The zero-order valence-electron chi connectivity index (χ0n) is 12.7. The topological polar surface area (TPSA) is 64.0 Å². The van der Waals surface area contributed by atoms with Crippen molar-refractivity contribution >= 4 is 54.8 Å². The molecule has 0 unspecified atom stereocenters. The highest BCUT2D eigenvalue weighted by Crippen LogP contribution is 2.26. The van der Waals surface area contributed by atoms with E-state index in [1.807, 2.05) is 24.3 Å². The molecule has 0 aliphatic heterocycles. The van der Waals surface area contributed by atoms with Gasteiger partial charge in [0.25, 0.3) is 10.0 Å². The van der Waals surface area contributed by atoms with E-state index in [1.165, 1.54) is 24.4 Å². The Balaban J connectivity index is 1.78. The quantitative estimate of drug-likeness (QED) is 0.594. The highest BCUT2D eigenvalue weighted by Gasteiger charge is 2.19. The fourth-order valence-corrected chi connectivity index (χ4v) is 4.23. The van der Waals surface area contributed by atoms with E-state index in [2.05, 4.69) is 25.8 Å². The summed E-state index contributed by atoms with van der Waals surface area (Å²) >= 11 is 15.2. The minimum atomic E-state index is -3.86. The first-order chi connectivity index (χ1) is 11.8. The van der Waals surface area contributed by atoms with Gasteiger partial charge in [0.2, 0.25) is 0 Å². The molecule has 1 N–H and O–H groups in total. The SMILES string of the molecule is O=S(=O)(Nc1cnn(Cc2ccc(Br)cc2)c1)c1cc(Cl)ccc1Cl. The first kappa shape index (κ1) is 18.3. The maximum absolute atomic E-state index is 12.5. The maximum Gasteiger partial charge on any atom is 0.263 e. The van der Waals surface area contributed by atoms with Crippen molar-refractivity contribution in [1.29, 1.82) is 0 Å². The molecule has 0 saturated carbocycles. The van der Waals surface area contributed by atoms with Crippen molar-refractivity contribution in [2.24, 2.45) is 0 Å². The Labute approximate surface area is 163 Å². The van der Waals surface area contributed by atoms with Gasteiger partial charge >= 0.3 is 0 Å². The van der Waals surface area contributed by atoms with Gasteiger partial charge in [-0.15, -0.1) is 0 Å². The molecule has 0 saturated heterocycles. The third-order valence-electron chi connectivity index (χ3n) is 3.33. The van der Waals surface area contributed by atoms with Crippen LogP contribution in [-0.4, -0.2) is 18.2 Å². The number of sulfonamides is 1. The second kappa shape index (κ2) is 7.37. The van der Waals surface area contributed by atoms with Gasteiger partial charge in [0.15, 0.2) is 0 Å². The summed E-state index contributed by atoms with van der Waals surface area (Å²) in [4.78, 5) is -0.0812. The minimum Gasteiger partial charge on any atom is -0.276 e. The van der Waals surface area contributed by atoms with Crippen LogP contribution >= 0.6 is 39.1 Å². The van der Waals surface area contributed by atoms with Crippen molar-refractivity contribution in [1.82, 2.24) is 9.78 Å². The van der Waals surface area contributed by atoms with Crippen LogP contribution in [-0.2, 0) is 16.6 Å². The number of hydrogen-bond acceptors (Lipinski definition) is 3. The fraction of sp³-hybridized carbons (Fsp3) is 0.0625. The van der Waals surface area contributed by atoms with Crippen LogP contribution in [0.4, 0.5) is 5.69 Å². The zero-order chi connectivity index (χ0) is 18.0. The number of hydrogen-bond donors (Lipinski definition) is 1. The largest absolute Gasteiger partial charge is 0.276 e. The molecule has 0 amide bonds. The molecular weight excluding hydrogens is 449 g/mol. The lowest BCUT2D eigenvalue weighted by atomic mass is 10.2. The Kier molecular flexibility index (Phi) is 5.38. The molecule has 0 spiro atoms. The molecule has 0 radical (unpaired) electrons. The van der Waals surface area contributed by atoms with Crippen molar-refractivity contribution in [3.05, 3.63) is 74.9 Å². The number of benzene rings is 2. The molecule has 1 aromatic heterocycles. The van der Waals surface area contributed by atoms with Gasteiger partial charge in [0, 0.05) is 15.7 Å². The van der Waals surface area contributed by atoms with Crippen LogP contribution in [0.25, 0.3) is 0 Å². The molecule has 0 bridgehead atoms. The molecule has 1 heterocycles. The second-order valence-electron chi connectivity index (χ2n) is 5.23. The molecule has 0 aliphatic rings. The normalized spacial score (nSPS) is 11.5. The smallest absolute Gasteiger partial charge is 0.263 e. The van der Waals surface area contributed by atoms with Crippen molar-refractivity contribution in [2.45, 2.75) is 11.4 Å². The molecule has 5 nitrogen and oxygen atoms in total. The van der Waals surface area contributed by atoms with Crippen LogP contribution in [0.3, 0.4) is 0 Å². The summed E-state index contributed by atoms with van der Waals surface area (Å²) in [6.45, 7) is 0.521. The van der Waals surface area contributed by atoms with Crippen molar-refractivity contribution in [3.63, 3.8) is 0 Å². The summed E-state index contributed by atoms with van der Waals surface area (Å²) in [5, 5.41) is 4.55. The van der Waals surface area contributed by atoms with Crippen LogP contribution in [0.1, 0.15) is 5.56 Å². The molecule has 130 valence electrons. The number of rotatable bonds is 5. The van der Waals surface area contributed by atoms with Gasteiger partial charge in [-0.05, 0) is 35.9 Å². The number of anilines is 1. The average Bonchev–Trinajstić information content (AvgIpc) is 2.98. The maximum atomic E-state index is 12.5. The Morgan fingerprint density at radius 2 is 1.84 bits per heavy atom. The molecule has 0 atom stereocenters. The van der Waals surface area contributed by atoms with Crippen LogP contribution in [0.15, 0.2) is 64.2 Å². The van der Waals surface area contributed by atoms with E-state index in [-0.39, 0.29) is 14.9 Å². The van der Waals surface area contributed by atoms with E-state index in [9.17, 15) is 8.42 Å². The predicted molar refractivity (Wildman–Crippen MR) is 103 cm³/mol. The van der Waals surface area contributed by atoms with Crippen molar-refractivity contribution in [3.8, 4) is 0 Å². The van der Waals surface area contributed by atoms with Crippen LogP contribution < -0.4 is 4.72 Å². The number of nitrogens with one attached hydrogen (secondary N) is 1. The van der Waals surface area contributed by atoms with E-state index >= 15 is 0 Å². The van der Waals surface area contributed by atoms with E-state index in [0.29, 0.717) is 12.2 Å². The molecule has 2 aromatic carbocycles. The van der Waals surface area contributed by atoms with Gasteiger partial charge in [-0.3, -0.25) is 9.40 Å². The van der Waals surface area contributed by atoms with E-state index in [0.717, 1.165) is 10.0 Å². The molecule has 3 rings (SSSR count). The van der Waals surface area contributed by atoms with Gasteiger partial charge in [-0.2, -0.15) is 5.10 Å². The van der Waals surface area contributed by atoms with E-state index < -0.39 is 10.0 Å².